The zero-order chi connectivity index (χ0) is 15.4. The van der Waals surface area contributed by atoms with E-state index in [9.17, 15) is 26.4 Å². The van der Waals surface area contributed by atoms with Crippen LogP contribution in [-0.4, -0.2) is 26.5 Å². The fourth-order valence-electron chi connectivity index (χ4n) is 1.25. The lowest BCUT2D eigenvalue weighted by atomic mass is 10.0. The van der Waals surface area contributed by atoms with Crippen LogP contribution >= 0.6 is 0 Å². The number of allylic oxidation sites excluding steroid dienone is 1. The van der Waals surface area contributed by atoms with Gasteiger partial charge in [-0.2, -0.15) is 21.6 Å². The maximum atomic E-state index is 12.2. The van der Waals surface area contributed by atoms with E-state index in [1.54, 1.807) is 0 Å². The number of carbonyl (C=O) groups excluding carboxylic acids is 1. The number of rotatable bonds is 5. The van der Waals surface area contributed by atoms with E-state index >= 15 is 0 Å². The van der Waals surface area contributed by atoms with E-state index in [1.807, 2.05) is 0 Å². The molecule has 0 aromatic carbocycles. The summed E-state index contributed by atoms with van der Waals surface area (Å²) in [7, 11) is -5.79. The van der Waals surface area contributed by atoms with Gasteiger partial charge in [0.05, 0.1) is 12.2 Å². The minimum absolute atomic E-state index is 0.00829. The molecule has 0 fully saturated rings. The molecule has 0 N–H and O–H groups in total. The number of hydrogen-bond donors (Lipinski definition) is 0. The Balaban J connectivity index is 5.47. The van der Waals surface area contributed by atoms with Gasteiger partial charge in [-0.15, -0.1) is 0 Å². The molecule has 0 aliphatic heterocycles. The van der Waals surface area contributed by atoms with E-state index in [-0.39, 0.29) is 12.2 Å². The van der Waals surface area contributed by atoms with Gasteiger partial charge >= 0.3 is 21.6 Å². The molecule has 9 heteroatoms. The number of halogens is 3. The van der Waals surface area contributed by atoms with Crippen molar-refractivity contribution in [2.45, 2.75) is 33.2 Å². The summed E-state index contributed by atoms with van der Waals surface area (Å²) in [5.74, 6) is -2.11. The van der Waals surface area contributed by atoms with Crippen molar-refractivity contribution in [1.29, 1.82) is 0 Å². The number of esters is 1. The third-order valence-corrected chi connectivity index (χ3v) is 3.01. The molecule has 0 bridgehead atoms. The van der Waals surface area contributed by atoms with Crippen molar-refractivity contribution in [1.82, 2.24) is 0 Å². The van der Waals surface area contributed by atoms with Crippen molar-refractivity contribution in [2.75, 3.05) is 6.61 Å². The highest BCUT2D eigenvalue weighted by Gasteiger charge is 2.49. The summed E-state index contributed by atoms with van der Waals surface area (Å²) >= 11 is 0. The first-order chi connectivity index (χ1) is 8.44. The Hall–Kier alpha value is -1.25. The van der Waals surface area contributed by atoms with Crippen molar-refractivity contribution in [3.05, 3.63) is 11.3 Å². The Morgan fingerprint density at radius 1 is 1.26 bits per heavy atom. The molecule has 0 saturated carbocycles. The van der Waals surface area contributed by atoms with Crippen LogP contribution in [0.5, 0.6) is 0 Å². The fraction of sp³-hybridized carbons (Fsp3) is 0.700. The van der Waals surface area contributed by atoms with Crippen molar-refractivity contribution < 1.29 is 35.3 Å². The highest BCUT2D eigenvalue weighted by molar-refractivity contribution is 7.87. The van der Waals surface area contributed by atoms with E-state index in [1.165, 1.54) is 20.8 Å². The summed E-state index contributed by atoms with van der Waals surface area (Å²) in [6.07, 6.45) is 0. The average molecular weight is 304 g/mol. The highest BCUT2D eigenvalue weighted by atomic mass is 32.2. The molecular weight excluding hydrogens is 289 g/mol. The lowest BCUT2D eigenvalue weighted by Crippen LogP contribution is -2.26. The van der Waals surface area contributed by atoms with Crippen LogP contribution in [0, 0.1) is 5.92 Å². The molecule has 0 atom stereocenters. The minimum atomic E-state index is -5.79. The van der Waals surface area contributed by atoms with Crippen LogP contribution in [0.2, 0.25) is 0 Å². The van der Waals surface area contributed by atoms with Gasteiger partial charge in [0, 0.05) is 0 Å². The Bertz CT molecular complexity index is 462. The van der Waals surface area contributed by atoms with Gasteiger partial charge in [0.2, 0.25) is 0 Å². The number of carbonyl (C=O) groups is 1. The smallest absolute Gasteiger partial charge is 0.463 e. The van der Waals surface area contributed by atoms with E-state index in [2.05, 4.69) is 8.92 Å². The van der Waals surface area contributed by atoms with Gasteiger partial charge in [0.15, 0.2) is 0 Å². The highest BCUT2D eigenvalue weighted by Crippen LogP contribution is 2.28. The molecule has 0 aromatic rings. The second kappa shape index (κ2) is 6.27. The van der Waals surface area contributed by atoms with Gasteiger partial charge in [0.25, 0.3) is 0 Å². The second-order valence-corrected chi connectivity index (χ2v) is 5.37. The van der Waals surface area contributed by atoms with Crippen LogP contribution in [0.25, 0.3) is 0 Å². The summed E-state index contributed by atoms with van der Waals surface area (Å²) in [6.45, 7) is 5.49. The fourth-order valence-corrected chi connectivity index (χ4v) is 1.76. The van der Waals surface area contributed by atoms with Gasteiger partial charge in [-0.05, 0) is 19.8 Å². The molecule has 0 aliphatic rings. The summed E-state index contributed by atoms with van der Waals surface area (Å²) < 4.78 is 66.7. The minimum Gasteiger partial charge on any atom is -0.463 e. The SMILES string of the molecule is CCOC(=O)/C(=C(/C)OS(=O)(=O)C(F)(F)F)C(C)C. The quantitative estimate of drug-likeness (QED) is 0.256. The van der Waals surface area contributed by atoms with Gasteiger partial charge in [-0.25, -0.2) is 4.79 Å². The predicted octanol–water partition coefficient (Wildman–Crippen LogP) is 2.35. The maximum Gasteiger partial charge on any atom is 0.534 e. The first-order valence-electron chi connectivity index (χ1n) is 5.32. The van der Waals surface area contributed by atoms with Crippen LogP contribution in [0.4, 0.5) is 13.2 Å². The molecule has 0 amide bonds. The van der Waals surface area contributed by atoms with Gasteiger partial charge in [0.1, 0.15) is 5.76 Å². The molecule has 0 rings (SSSR count). The molecule has 0 saturated heterocycles. The Labute approximate surface area is 109 Å². The molecule has 5 nitrogen and oxygen atoms in total. The molecule has 0 aromatic heterocycles. The third kappa shape index (κ3) is 4.73. The van der Waals surface area contributed by atoms with Crippen molar-refractivity contribution in [3.8, 4) is 0 Å². The van der Waals surface area contributed by atoms with Crippen LogP contribution in [0.15, 0.2) is 11.3 Å². The molecule has 0 heterocycles. The van der Waals surface area contributed by atoms with E-state index in [0.29, 0.717) is 0 Å². The number of alkyl halides is 3. The summed E-state index contributed by atoms with van der Waals surface area (Å²) in [5, 5.41) is 0. The molecule has 0 radical (unpaired) electrons. The zero-order valence-electron chi connectivity index (χ0n) is 10.9. The number of ether oxygens (including phenoxy) is 1. The van der Waals surface area contributed by atoms with Crippen LogP contribution in [0.3, 0.4) is 0 Å². The lowest BCUT2D eigenvalue weighted by molar-refractivity contribution is -0.139. The standard InChI is InChI=1S/C10H15F3O5S/c1-5-17-9(14)8(6(2)3)7(4)18-19(15,16)10(11,12)13/h6H,5H2,1-4H3/b8-7-. The van der Waals surface area contributed by atoms with Crippen LogP contribution < -0.4 is 0 Å². The molecule has 112 valence electrons. The summed E-state index contributed by atoms with van der Waals surface area (Å²) in [5.41, 5.74) is -5.81. The number of hydrogen-bond acceptors (Lipinski definition) is 5. The Kier molecular flexibility index (Phi) is 5.85. The van der Waals surface area contributed by atoms with E-state index in [4.69, 9.17) is 0 Å². The average Bonchev–Trinajstić information content (AvgIpc) is 2.13. The van der Waals surface area contributed by atoms with Gasteiger partial charge in [-0.1, -0.05) is 13.8 Å². The van der Waals surface area contributed by atoms with E-state index < -0.39 is 33.3 Å². The maximum absolute atomic E-state index is 12.2. The first-order valence-corrected chi connectivity index (χ1v) is 6.73. The van der Waals surface area contributed by atoms with Crippen molar-refractivity contribution >= 4 is 16.1 Å². The zero-order valence-corrected chi connectivity index (χ0v) is 11.7. The van der Waals surface area contributed by atoms with Crippen LogP contribution in [0.1, 0.15) is 27.7 Å². The molecular formula is C10H15F3O5S. The van der Waals surface area contributed by atoms with Gasteiger partial charge in [-0.3, -0.25) is 0 Å². The topological polar surface area (TPSA) is 69.7 Å². The monoisotopic (exact) mass is 304 g/mol. The second-order valence-electron chi connectivity index (χ2n) is 3.83. The van der Waals surface area contributed by atoms with Crippen molar-refractivity contribution in [3.63, 3.8) is 0 Å². The van der Waals surface area contributed by atoms with E-state index in [0.717, 1.165) is 6.92 Å². The first kappa shape index (κ1) is 17.8. The Morgan fingerprint density at radius 2 is 1.74 bits per heavy atom. The lowest BCUT2D eigenvalue weighted by Gasteiger charge is -2.15. The molecule has 0 spiro atoms. The largest absolute Gasteiger partial charge is 0.534 e. The third-order valence-electron chi connectivity index (χ3n) is 1.97. The molecule has 19 heavy (non-hydrogen) atoms. The predicted molar refractivity (Wildman–Crippen MR) is 60.2 cm³/mol. The molecule has 0 aliphatic carbocycles. The molecule has 0 unspecified atom stereocenters. The summed E-state index contributed by atoms with van der Waals surface area (Å²) in [4.78, 5) is 11.5. The Morgan fingerprint density at radius 3 is 2.05 bits per heavy atom. The normalized spacial score (nSPS) is 14.1. The van der Waals surface area contributed by atoms with Gasteiger partial charge < -0.3 is 8.92 Å². The summed E-state index contributed by atoms with van der Waals surface area (Å²) in [6, 6.07) is 0. The van der Waals surface area contributed by atoms with Crippen LogP contribution in [-0.2, 0) is 23.8 Å². The van der Waals surface area contributed by atoms with Crippen molar-refractivity contribution in [2.24, 2.45) is 5.92 Å².